The van der Waals surface area contributed by atoms with E-state index in [9.17, 15) is 4.79 Å². The van der Waals surface area contributed by atoms with Crippen molar-refractivity contribution in [2.75, 3.05) is 20.6 Å². The third-order valence-electron chi connectivity index (χ3n) is 5.44. The molecule has 0 saturated carbocycles. The van der Waals surface area contributed by atoms with Crippen molar-refractivity contribution in [2.45, 2.75) is 24.8 Å². The van der Waals surface area contributed by atoms with E-state index in [-0.39, 0.29) is 6.04 Å². The fraction of sp³-hybridized carbons (Fsp3) is 0.350. The van der Waals surface area contributed by atoms with Gasteiger partial charge in [0.05, 0.1) is 26.1 Å². The fourth-order valence-corrected chi connectivity index (χ4v) is 3.63. The van der Waals surface area contributed by atoms with Crippen LogP contribution in [0.3, 0.4) is 0 Å². The highest BCUT2D eigenvalue weighted by Gasteiger charge is 2.52. The van der Waals surface area contributed by atoms with Crippen molar-refractivity contribution in [1.82, 2.24) is 0 Å². The molecule has 2 aromatic rings. The van der Waals surface area contributed by atoms with E-state index < -0.39 is 5.41 Å². The summed E-state index contributed by atoms with van der Waals surface area (Å²) in [4.78, 5) is 13.4. The number of carbonyl (C=O) groups excluding carboxylic acids is 1. The molecule has 1 aliphatic heterocycles. The van der Waals surface area contributed by atoms with E-state index in [1.54, 1.807) is 0 Å². The zero-order chi connectivity index (χ0) is 15.8. The molecule has 0 spiro atoms. The summed E-state index contributed by atoms with van der Waals surface area (Å²) in [6.45, 7) is 3.07. The molecule has 1 aliphatic rings. The second-order valence-electron chi connectivity index (χ2n) is 6.93. The lowest BCUT2D eigenvalue weighted by atomic mass is 9.65. The summed E-state index contributed by atoms with van der Waals surface area (Å²) >= 11 is 0. The standard InChI is InChI=1S/C20H24NO/c1-16-19(22)20(14-15-21(16,2)3,17-10-6-4-7-11-17)18-12-8-5-9-13-18/h4-13,16H,14-15H2,1-3H3/q+1. The topological polar surface area (TPSA) is 17.1 Å². The largest absolute Gasteiger partial charge is 0.320 e. The highest BCUT2D eigenvalue weighted by molar-refractivity contribution is 5.97. The lowest BCUT2D eigenvalue weighted by Gasteiger charge is -2.47. The molecule has 22 heavy (non-hydrogen) atoms. The van der Waals surface area contributed by atoms with E-state index >= 15 is 0 Å². The van der Waals surface area contributed by atoms with Crippen LogP contribution in [0.1, 0.15) is 24.5 Å². The maximum Gasteiger partial charge on any atom is 0.204 e. The molecule has 2 heteroatoms. The first kappa shape index (κ1) is 15.0. The van der Waals surface area contributed by atoms with Crippen LogP contribution in [-0.4, -0.2) is 36.9 Å². The molecule has 2 nitrogen and oxygen atoms in total. The Hall–Kier alpha value is -1.93. The highest BCUT2D eigenvalue weighted by atomic mass is 16.1. The molecule has 0 N–H and O–H groups in total. The fourth-order valence-electron chi connectivity index (χ4n) is 3.63. The van der Waals surface area contributed by atoms with E-state index in [4.69, 9.17) is 0 Å². The minimum absolute atomic E-state index is 0.00541. The second-order valence-corrected chi connectivity index (χ2v) is 6.93. The molecule has 1 heterocycles. The number of nitrogens with zero attached hydrogens (tertiary/aromatic N) is 1. The number of likely N-dealkylation sites (tertiary alicyclic amines) is 1. The number of benzene rings is 2. The number of rotatable bonds is 2. The summed E-state index contributed by atoms with van der Waals surface area (Å²) < 4.78 is 0.764. The van der Waals surface area contributed by atoms with E-state index in [2.05, 4.69) is 45.3 Å². The SMILES string of the molecule is CC1C(=O)C(c2ccccc2)(c2ccccc2)CC[N+]1(C)C. The second kappa shape index (κ2) is 5.36. The van der Waals surface area contributed by atoms with Gasteiger partial charge in [-0.05, 0) is 18.1 Å². The predicted octanol–water partition coefficient (Wildman–Crippen LogP) is 3.41. The summed E-state index contributed by atoms with van der Waals surface area (Å²) in [6.07, 6.45) is 0.858. The lowest BCUT2D eigenvalue weighted by molar-refractivity contribution is -0.907. The molecular weight excluding hydrogens is 270 g/mol. The molecule has 1 saturated heterocycles. The van der Waals surface area contributed by atoms with Crippen molar-refractivity contribution < 1.29 is 9.28 Å². The van der Waals surface area contributed by atoms with Crippen molar-refractivity contribution in [3.63, 3.8) is 0 Å². The number of ketones is 1. The maximum absolute atomic E-state index is 13.4. The van der Waals surface area contributed by atoms with Gasteiger partial charge in [0, 0.05) is 6.42 Å². The van der Waals surface area contributed by atoms with Crippen LogP contribution >= 0.6 is 0 Å². The van der Waals surface area contributed by atoms with Gasteiger partial charge in [-0.15, -0.1) is 0 Å². The Labute approximate surface area is 133 Å². The smallest absolute Gasteiger partial charge is 0.204 e. The van der Waals surface area contributed by atoms with Crippen LogP contribution in [0.15, 0.2) is 60.7 Å². The molecule has 1 unspecified atom stereocenters. The Morgan fingerprint density at radius 1 is 0.909 bits per heavy atom. The number of carbonyl (C=O) groups is 1. The van der Waals surface area contributed by atoms with Gasteiger partial charge in [0.2, 0.25) is 5.78 Å². The molecule has 114 valence electrons. The van der Waals surface area contributed by atoms with Gasteiger partial charge >= 0.3 is 0 Å². The van der Waals surface area contributed by atoms with Crippen LogP contribution in [0.5, 0.6) is 0 Å². The molecule has 0 aliphatic carbocycles. The summed E-state index contributed by atoms with van der Waals surface area (Å²) in [5, 5.41) is 0. The van der Waals surface area contributed by atoms with Crippen LogP contribution in [0.2, 0.25) is 0 Å². The Balaban J connectivity index is 2.20. The first-order chi connectivity index (χ1) is 10.5. The molecule has 1 atom stereocenters. The van der Waals surface area contributed by atoms with E-state index in [0.717, 1.165) is 28.6 Å². The van der Waals surface area contributed by atoms with Gasteiger partial charge in [0.15, 0.2) is 0 Å². The third-order valence-corrected chi connectivity index (χ3v) is 5.44. The Morgan fingerprint density at radius 2 is 1.36 bits per heavy atom. The Bertz CT molecular complexity index is 621. The average Bonchev–Trinajstić information content (AvgIpc) is 2.55. The van der Waals surface area contributed by atoms with Gasteiger partial charge in [0.25, 0.3) is 0 Å². The molecule has 1 fully saturated rings. The van der Waals surface area contributed by atoms with E-state index in [0.29, 0.717) is 5.78 Å². The maximum atomic E-state index is 13.4. The zero-order valence-corrected chi connectivity index (χ0v) is 13.6. The molecule has 0 aromatic heterocycles. The number of likely N-dealkylation sites (N-methyl/N-ethyl adjacent to an activating group) is 1. The van der Waals surface area contributed by atoms with Gasteiger partial charge in [-0.3, -0.25) is 4.79 Å². The molecule has 0 radical (unpaired) electrons. The van der Waals surface area contributed by atoms with Crippen LogP contribution in [0, 0.1) is 0 Å². The average molecular weight is 294 g/mol. The normalized spacial score (nSPS) is 23.2. The lowest BCUT2D eigenvalue weighted by Crippen LogP contribution is -2.63. The molecule has 0 bridgehead atoms. The van der Waals surface area contributed by atoms with Gasteiger partial charge in [-0.2, -0.15) is 0 Å². The van der Waals surface area contributed by atoms with Gasteiger partial charge in [-0.25, -0.2) is 0 Å². The monoisotopic (exact) mass is 294 g/mol. The summed E-state index contributed by atoms with van der Waals surface area (Å²) in [5.41, 5.74) is 1.74. The molecule has 2 aromatic carbocycles. The van der Waals surface area contributed by atoms with Gasteiger partial charge in [0.1, 0.15) is 6.04 Å². The summed E-state index contributed by atoms with van der Waals surface area (Å²) in [6, 6.07) is 20.6. The minimum atomic E-state index is -0.504. The number of hydrogen-bond acceptors (Lipinski definition) is 1. The number of piperidine rings is 1. The van der Waals surface area contributed by atoms with E-state index in [1.807, 2.05) is 36.4 Å². The molecule has 0 amide bonds. The van der Waals surface area contributed by atoms with Crippen molar-refractivity contribution in [3.8, 4) is 0 Å². The van der Waals surface area contributed by atoms with Crippen LogP contribution in [0.4, 0.5) is 0 Å². The number of quaternary nitrogens is 1. The Kier molecular flexibility index (Phi) is 3.65. The summed E-state index contributed by atoms with van der Waals surface area (Å²) in [5.74, 6) is 0.334. The van der Waals surface area contributed by atoms with Gasteiger partial charge < -0.3 is 4.48 Å². The van der Waals surface area contributed by atoms with Gasteiger partial charge in [-0.1, -0.05) is 60.7 Å². The number of hydrogen-bond donors (Lipinski definition) is 0. The van der Waals surface area contributed by atoms with Crippen molar-refractivity contribution in [1.29, 1.82) is 0 Å². The quantitative estimate of drug-likeness (QED) is 0.776. The first-order valence-corrected chi connectivity index (χ1v) is 7.96. The zero-order valence-electron chi connectivity index (χ0n) is 13.6. The van der Waals surface area contributed by atoms with Crippen molar-refractivity contribution in [3.05, 3.63) is 71.8 Å². The van der Waals surface area contributed by atoms with Crippen LogP contribution in [0.25, 0.3) is 0 Å². The summed E-state index contributed by atoms with van der Waals surface area (Å²) in [7, 11) is 4.31. The first-order valence-electron chi connectivity index (χ1n) is 7.96. The van der Waals surface area contributed by atoms with Crippen LogP contribution in [-0.2, 0) is 10.2 Å². The minimum Gasteiger partial charge on any atom is -0.320 e. The van der Waals surface area contributed by atoms with Crippen molar-refractivity contribution >= 4 is 5.78 Å². The van der Waals surface area contributed by atoms with Crippen LogP contribution < -0.4 is 0 Å². The third kappa shape index (κ3) is 2.19. The van der Waals surface area contributed by atoms with Crippen molar-refractivity contribution in [2.24, 2.45) is 0 Å². The van der Waals surface area contributed by atoms with E-state index in [1.165, 1.54) is 0 Å². The number of Topliss-reactive ketones (excluding diaryl/α,β-unsaturated/α-hetero) is 1. The molecule has 3 rings (SSSR count). The predicted molar refractivity (Wildman–Crippen MR) is 89.7 cm³/mol. The Morgan fingerprint density at radius 3 is 1.82 bits per heavy atom. The highest BCUT2D eigenvalue weighted by Crippen LogP contribution is 2.42. The molecular formula is C20H24NO+.